The minimum Gasteiger partial charge on any atom is -0.504 e. The van der Waals surface area contributed by atoms with Crippen molar-refractivity contribution < 1.29 is 15.0 Å². The van der Waals surface area contributed by atoms with Gasteiger partial charge in [0.2, 0.25) is 5.91 Å². The fourth-order valence-corrected chi connectivity index (χ4v) is 1.94. The fraction of sp³-hybridized carbons (Fsp3) is 0.188. The summed E-state index contributed by atoms with van der Waals surface area (Å²) >= 11 is 0. The van der Waals surface area contributed by atoms with Crippen molar-refractivity contribution in [2.75, 3.05) is 10.6 Å². The number of hydrogen-bond acceptors (Lipinski definition) is 4. The third kappa shape index (κ3) is 3.89. The number of aromatic hydroxyl groups is 2. The molecule has 110 valence electrons. The summed E-state index contributed by atoms with van der Waals surface area (Å²) in [5.41, 5.74) is 3.45. The number of benzene rings is 2. The number of carbonyl (C=O) groups excluding carboxylic acids is 1. The zero-order valence-corrected chi connectivity index (χ0v) is 12.0. The average Bonchev–Trinajstić information content (AvgIpc) is 2.43. The van der Waals surface area contributed by atoms with Gasteiger partial charge in [0.05, 0.1) is 0 Å². The van der Waals surface area contributed by atoms with Gasteiger partial charge in [-0.25, -0.2) is 0 Å². The Labute approximate surface area is 123 Å². The second kappa shape index (κ2) is 6.17. The van der Waals surface area contributed by atoms with Gasteiger partial charge in [0.1, 0.15) is 0 Å². The van der Waals surface area contributed by atoms with Crippen LogP contribution in [0.2, 0.25) is 0 Å². The number of aryl methyl sites for hydroxylation is 1. The maximum atomic E-state index is 11.1. The molecule has 0 aliphatic heterocycles. The Balaban J connectivity index is 2.09. The smallest absolute Gasteiger partial charge is 0.221 e. The second-order valence-corrected chi connectivity index (χ2v) is 4.89. The van der Waals surface area contributed by atoms with Gasteiger partial charge in [0.25, 0.3) is 0 Å². The van der Waals surface area contributed by atoms with Crippen molar-refractivity contribution in [2.24, 2.45) is 0 Å². The van der Waals surface area contributed by atoms with Crippen LogP contribution in [0.5, 0.6) is 11.5 Å². The summed E-state index contributed by atoms with van der Waals surface area (Å²) in [4.78, 5) is 11.1. The molecule has 2 aromatic rings. The van der Waals surface area contributed by atoms with Crippen molar-refractivity contribution in [1.29, 1.82) is 0 Å². The van der Waals surface area contributed by atoms with Crippen molar-refractivity contribution in [3.63, 3.8) is 0 Å². The lowest BCUT2D eigenvalue weighted by Crippen LogP contribution is -2.08. The molecule has 0 heterocycles. The first kappa shape index (κ1) is 14.7. The Hall–Kier alpha value is -2.69. The summed E-state index contributed by atoms with van der Waals surface area (Å²) in [6.07, 6.45) is 0. The molecule has 0 aliphatic carbocycles. The molecule has 21 heavy (non-hydrogen) atoms. The predicted molar refractivity (Wildman–Crippen MR) is 82.6 cm³/mol. The maximum absolute atomic E-state index is 11.1. The molecule has 0 saturated carbocycles. The lowest BCUT2D eigenvalue weighted by molar-refractivity contribution is -0.114. The lowest BCUT2D eigenvalue weighted by atomic mass is 10.1. The summed E-state index contributed by atoms with van der Waals surface area (Å²) in [6.45, 7) is 3.89. The average molecular weight is 286 g/mol. The molecule has 0 saturated heterocycles. The van der Waals surface area contributed by atoms with Crippen LogP contribution in [0.3, 0.4) is 0 Å². The predicted octanol–water partition coefficient (Wildman–Crippen LogP) is 2.98. The number of phenolic OH excluding ortho intramolecular Hbond substituents is 2. The van der Waals surface area contributed by atoms with E-state index in [0.29, 0.717) is 6.54 Å². The number of hydrogen-bond donors (Lipinski definition) is 4. The molecule has 0 fully saturated rings. The number of rotatable bonds is 4. The third-order valence-corrected chi connectivity index (χ3v) is 3.08. The standard InChI is InChI=1S/C16H18N2O3/c1-10-3-5-13(8-14(10)18-11(2)19)17-9-12-4-6-15(20)16(21)7-12/h3-8,17,20-21H,9H2,1-2H3,(H,18,19). The minimum absolute atomic E-state index is 0.112. The zero-order valence-electron chi connectivity index (χ0n) is 12.0. The largest absolute Gasteiger partial charge is 0.504 e. The molecule has 0 radical (unpaired) electrons. The van der Waals surface area contributed by atoms with Crippen LogP contribution in [0, 0.1) is 6.92 Å². The van der Waals surface area contributed by atoms with Crippen LogP contribution >= 0.6 is 0 Å². The van der Waals surface area contributed by atoms with Gasteiger partial charge in [-0.3, -0.25) is 4.79 Å². The Bertz CT molecular complexity index is 669. The van der Waals surface area contributed by atoms with Gasteiger partial charge in [-0.2, -0.15) is 0 Å². The molecule has 0 spiro atoms. The van der Waals surface area contributed by atoms with Crippen molar-refractivity contribution in [3.05, 3.63) is 47.5 Å². The van der Waals surface area contributed by atoms with E-state index in [1.807, 2.05) is 25.1 Å². The second-order valence-electron chi connectivity index (χ2n) is 4.89. The molecule has 0 aliphatic rings. The van der Waals surface area contributed by atoms with Gasteiger partial charge in [0.15, 0.2) is 11.5 Å². The normalized spacial score (nSPS) is 10.2. The SMILES string of the molecule is CC(=O)Nc1cc(NCc2ccc(O)c(O)c2)ccc1C. The summed E-state index contributed by atoms with van der Waals surface area (Å²) in [5, 5.41) is 24.7. The Morgan fingerprint density at radius 2 is 1.86 bits per heavy atom. The van der Waals surface area contributed by atoms with Crippen LogP contribution < -0.4 is 10.6 Å². The van der Waals surface area contributed by atoms with Crippen LogP contribution in [0.25, 0.3) is 0 Å². The molecule has 0 atom stereocenters. The molecule has 2 aromatic carbocycles. The Morgan fingerprint density at radius 1 is 1.10 bits per heavy atom. The molecule has 2 rings (SSSR count). The molecule has 0 unspecified atom stereocenters. The van der Waals surface area contributed by atoms with Crippen LogP contribution in [0.15, 0.2) is 36.4 Å². The molecular formula is C16H18N2O3. The fourth-order valence-electron chi connectivity index (χ4n) is 1.94. The van der Waals surface area contributed by atoms with E-state index in [2.05, 4.69) is 10.6 Å². The number of phenols is 2. The van der Waals surface area contributed by atoms with Crippen molar-refractivity contribution >= 4 is 17.3 Å². The highest BCUT2D eigenvalue weighted by Crippen LogP contribution is 2.26. The molecule has 5 nitrogen and oxygen atoms in total. The monoisotopic (exact) mass is 286 g/mol. The minimum atomic E-state index is -0.142. The van der Waals surface area contributed by atoms with E-state index in [4.69, 9.17) is 0 Å². The Kier molecular flexibility index (Phi) is 4.33. The molecule has 5 heteroatoms. The zero-order chi connectivity index (χ0) is 15.4. The van der Waals surface area contributed by atoms with Gasteiger partial charge >= 0.3 is 0 Å². The van der Waals surface area contributed by atoms with Crippen LogP contribution in [-0.2, 0) is 11.3 Å². The quantitative estimate of drug-likeness (QED) is 0.651. The molecule has 1 amide bonds. The molecule has 0 bridgehead atoms. The third-order valence-electron chi connectivity index (χ3n) is 3.08. The van der Waals surface area contributed by atoms with Crippen molar-refractivity contribution in [3.8, 4) is 11.5 Å². The molecule has 4 N–H and O–H groups in total. The van der Waals surface area contributed by atoms with E-state index in [1.54, 1.807) is 6.07 Å². The van der Waals surface area contributed by atoms with Gasteiger partial charge in [0, 0.05) is 24.8 Å². The Morgan fingerprint density at radius 3 is 2.52 bits per heavy atom. The first-order valence-corrected chi connectivity index (χ1v) is 6.58. The number of carbonyl (C=O) groups is 1. The summed E-state index contributed by atoms with van der Waals surface area (Å²) in [7, 11) is 0. The lowest BCUT2D eigenvalue weighted by Gasteiger charge is -2.11. The van der Waals surface area contributed by atoms with Crippen molar-refractivity contribution in [2.45, 2.75) is 20.4 Å². The van der Waals surface area contributed by atoms with Crippen molar-refractivity contribution in [1.82, 2.24) is 0 Å². The van der Waals surface area contributed by atoms with E-state index < -0.39 is 0 Å². The number of amides is 1. The summed E-state index contributed by atoms with van der Waals surface area (Å²) < 4.78 is 0. The summed E-state index contributed by atoms with van der Waals surface area (Å²) in [5.74, 6) is -0.391. The maximum Gasteiger partial charge on any atom is 0.221 e. The van der Waals surface area contributed by atoms with Crippen LogP contribution in [0.4, 0.5) is 11.4 Å². The highest BCUT2D eigenvalue weighted by atomic mass is 16.3. The topological polar surface area (TPSA) is 81.6 Å². The van der Waals surface area contributed by atoms with E-state index in [1.165, 1.54) is 19.1 Å². The highest BCUT2D eigenvalue weighted by Gasteiger charge is 2.04. The van der Waals surface area contributed by atoms with Gasteiger partial charge < -0.3 is 20.8 Å². The summed E-state index contributed by atoms with van der Waals surface area (Å²) in [6, 6.07) is 10.4. The van der Waals surface area contributed by atoms with E-state index in [0.717, 1.165) is 22.5 Å². The first-order valence-electron chi connectivity index (χ1n) is 6.58. The highest BCUT2D eigenvalue weighted by molar-refractivity contribution is 5.90. The molecule has 0 aromatic heterocycles. The van der Waals surface area contributed by atoms with Gasteiger partial charge in [-0.15, -0.1) is 0 Å². The van der Waals surface area contributed by atoms with Gasteiger partial charge in [-0.05, 0) is 42.3 Å². The number of nitrogens with one attached hydrogen (secondary N) is 2. The van der Waals surface area contributed by atoms with E-state index in [9.17, 15) is 15.0 Å². The van der Waals surface area contributed by atoms with E-state index in [-0.39, 0.29) is 17.4 Å². The van der Waals surface area contributed by atoms with E-state index >= 15 is 0 Å². The van der Waals surface area contributed by atoms with Crippen LogP contribution in [0.1, 0.15) is 18.1 Å². The number of anilines is 2. The molecular weight excluding hydrogens is 268 g/mol. The van der Waals surface area contributed by atoms with Gasteiger partial charge in [-0.1, -0.05) is 12.1 Å². The van der Waals surface area contributed by atoms with Crippen LogP contribution in [-0.4, -0.2) is 16.1 Å². The first-order chi connectivity index (χ1) is 9.95.